The van der Waals surface area contributed by atoms with E-state index in [1.807, 2.05) is 51.1 Å². The SMILES string of the molecule is COc1ccc(-c2nnc(C(C)Sc3nc4nc(C)cc(C)n4n3)o2)cc1. The van der Waals surface area contributed by atoms with Gasteiger partial charge in [0.25, 0.3) is 5.78 Å². The summed E-state index contributed by atoms with van der Waals surface area (Å²) in [7, 11) is 1.63. The maximum atomic E-state index is 5.83. The monoisotopic (exact) mass is 382 g/mol. The Labute approximate surface area is 160 Å². The highest BCUT2D eigenvalue weighted by Gasteiger charge is 2.19. The van der Waals surface area contributed by atoms with Crippen LogP contribution in [0.3, 0.4) is 0 Å². The molecular weight excluding hydrogens is 364 g/mol. The third-order valence-electron chi connectivity index (χ3n) is 4.01. The van der Waals surface area contributed by atoms with Crippen molar-refractivity contribution in [3.63, 3.8) is 0 Å². The van der Waals surface area contributed by atoms with Crippen molar-refractivity contribution in [2.45, 2.75) is 31.2 Å². The first-order valence-corrected chi connectivity index (χ1v) is 9.27. The van der Waals surface area contributed by atoms with Crippen molar-refractivity contribution in [3.05, 3.63) is 47.6 Å². The highest BCUT2D eigenvalue weighted by Crippen LogP contribution is 2.33. The summed E-state index contributed by atoms with van der Waals surface area (Å²) in [5.74, 6) is 2.35. The number of aromatic nitrogens is 6. The number of nitrogens with zero attached hydrogens (tertiary/aromatic N) is 6. The van der Waals surface area contributed by atoms with E-state index in [-0.39, 0.29) is 5.25 Å². The van der Waals surface area contributed by atoms with E-state index in [1.54, 1.807) is 11.6 Å². The van der Waals surface area contributed by atoms with Gasteiger partial charge < -0.3 is 9.15 Å². The summed E-state index contributed by atoms with van der Waals surface area (Å²) in [5, 5.41) is 13.3. The second-order valence-electron chi connectivity index (χ2n) is 6.08. The van der Waals surface area contributed by atoms with Gasteiger partial charge in [0.1, 0.15) is 5.75 Å². The summed E-state index contributed by atoms with van der Waals surface area (Å²) >= 11 is 1.45. The van der Waals surface area contributed by atoms with Crippen molar-refractivity contribution < 1.29 is 9.15 Å². The third-order valence-corrected chi connectivity index (χ3v) is 4.95. The van der Waals surface area contributed by atoms with Crippen LogP contribution in [0.15, 0.2) is 39.9 Å². The zero-order valence-electron chi connectivity index (χ0n) is 15.4. The standard InChI is InChI=1S/C18H18N6O2S/c1-10-9-11(2)24-17(19-10)20-18(23-24)27-12(3)15-21-22-16(26-15)13-5-7-14(25-4)8-6-13/h5-9,12H,1-4H3. The van der Waals surface area contributed by atoms with Gasteiger partial charge in [-0.05, 0) is 51.1 Å². The molecule has 0 aliphatic carbocycles. The fourth-order valence-electron chi connectivity index (χ4n) is 2.66. The van der Waals surface area contributed by atoms with Crippen molar-refractivity contribution in [1.82, 2.24) is 29.8 Å². The Kier molecular flexibility index (Phi) is 4.53. The fraction of sp³-hybridized carbons (Fsp3) is 0.278. The lowest BCUT2D eigenvalue weighted by Crippen LogP contribution is -1.97. The number of benzene rings is 1. The molecule has 0 aliphatic heterocycles. The summed E-state index contributed by atoms with van der Waals surface area (Å²) in [6, 6.07) is 9.45. The summed E-state index contributed by atoms with van der Waals surface area (Å²) in [4.78, 5) is 8.89. The van der Waals surface area contributed by atoms with Crippen LogP contribution in [0.1, 0.15) is 29.5 Å². The summed E-state index contributed by atoms with van der Waals surface area (Å²) in [6.07, 6.45) is 0. The molecule has 8 nitrogen and oxygen atoms in total. The van der Waals surface area contributed by atoms with E-state index in [2.05, 4.69) is 25.3 Å². The number of hydrogen-bond donors (Lipinski definition) is 0. The van der Waals surface area contributed by atoms with Gasteiger partial charge >= 0.3 is 0 Å². The van der Waals surface area contributed by atoms with Crippen LogP contribution in [0.25, 0.3) is 17.2 Å². The summed E-state index contributed by atoms with van der Waals surface area (Å²) < 4.78 is 12.7. The molecule has 27 heavy (non-hydrogen) atoms. The van der Waals surface area contributed by atoms with Crippen molar-refractivity contribution in [2.75, 3.05) is 7.11 Å². The predicted molar refractivity (Wildman–Crippen MR) is 101 cm³/mol. The Hall–Kier alpha value is -2.94. The minimum atomic E-state index is -0.0942. The van der Waals surface area contributed by atoms with Crippen LogP contribution >= 0.6 is 11.8 Å². The first-order chi connectivity index (χ1) is 13.0. The molecule has 4 rings (SSSR count). The number of methoxy groups -OCH3 is 1. The molecule has 0 spiro atoms. The molecule has 0 saturated heterocycles. The van der Waals surface area contributed by atoms with Gasteiger partial charge in [0.2, 0.25) is 16.9 Å². The minimum absolute atomic E-state index is 0.0942. The van der Waals surface area contributed by atoms with E-state index in [1.165, 1.54) is 11.8 Å². The van der Waals surface area contributed by atoms with E-state index in [4.69, 9.17) is 9.15 Å². The molecule has 3 heterocycles. The highest BCUT2D eigenvalue weighted by molar-refractivity contribution is 7.99. The zero-order valence-corrected chi connectivity index (χ0v) is 16.2. The molecule has 1 aromatic carbocycles. The molecule has 9 heteroatoms. The summed E-state index contributed by atoms with van der Waals surface area (Å²) in [6.45, 7) is 5.90. The fourth-order valence-corrected chi connectivity index (χ4v) is 3.43. The van der Waals surface area contributed by atoms with Gasteiger partial charge in [0, 0.05) is 17.0 Å². The Morgan fingerprint density at radius 3 is 2.63 bits per heavy atom. The first kappa shape index (κ1) is 17.5. The number of ether oxygens (including phenoxy) is 1. The molecule has 138 valence electrons. The molecule has 1 atom stereocenters. The summed E-state index contributed by atoms with van der Waals surface area (Å²) in [5.41, 5.74) is 2.75. The van der Waals surface area contributed by atoms with Gasteiger partial charge in [-0.25, -0.2) is 9.50 Å². The predicted octanol–water partition coefficient (Wildman–Crippen LogP) is 3.65. The average Bonchev–Trinajstić information content (AvgIpc) is 3.29. The van der Waals surface area contributed by atoms with Crippen LogP contribution in [-0.4, -0.2) is 36.9 Å². The van der Waals surface area contributed by atoms with E-state index >= 15 is 0 Å². The average molecular weight is 382 g/mol. The topological polar surface area (TPSA) is 91.2 Å². The van der Waals surface area contributed by atoms with Crippen LogP contribution in [0.5, 0.6) is 5.75 Å². The quantitative estimate of drug-likeness (QED) is 0.483. The molecule has 0 aliphatic rings. The van der Waals surface area contributed by atoms with E-state index < -0.39 is 0 Å². The van der Waals surface area contributed by atoms with Crippen LogP contribution in [0.4, 0.5) is 0 Å². The van der Waals surface area contributed by atoms with E-state index in [9.17, 15) is 0 Å². The Morgan fingerprint density at radius 1 is 1.11 bits per heavy atom. The number of hydrogen-bond acceptors (Lipinski definition) is 8. The smallest absolute Gasteiger partial charge is 0.253 e. The van der Waals surface area contributed by atoms with Crippen LogP contribution in [-0.2, 0) is 0 Å². The van der Waals surface area contributed by atoms with E-state index in [0.29, 0.717) is 22.7 Å². The number of fused-ring (bicyclic) bond motifs is 1. The molecule has 0 amide bonds. The lowest BCUT2D eigenvalue weighted by atomic mass is 10.2. The maximum Gasteiger partial charge on any atom is 0.253 e. The number of thioether (sulfide) groups is 1. The molecule has 3 aromatic heterocycles. The Morgan fingerprint density at radius 2 is 1.89 bits per heavy atom. The van der Waals surface area contributed by atoms with Crippen LogP contribution in [0.2, 0.25) is 0 Å². The molecule has 1 unspecified atom stereocenters. The molecule has 0 bridgehead atoms. The number of rotatable bonds is 5. The van der Waals surface area contributed by atoms with Gasteiger partial charge in [-0.2, -0.15) is 4.98 Å². The lowest BCUT2D eigenvalue weighted by molar-refractivity contribution is 0.415. The molecule has 0 radical (unpaired) electrons. The second kappa shape index (κ2) is 6.99. The molecule has 0 saturated carbocycles. The second-order valence-corrected chi connectivity index (χ2v) is 7.39. The van der Waals surface area contributed by atoms with Crippen molar-refractivity contribution >= 4 is 17.5 Å². The Balaban J connectivity index is 1.54. The highest BCUT2D eigenvalue weighted by atomic mass is 32.2. The van der Waals surface area contributed by atoms with Crippen LogP contribution in [0, 0.1) is 13.8 Å². The minimum Gasteiger partial charge on any atom is -0.497 e. The van der Waals surface area contributed by atoms with Crippen molar-refractivity contribution in [3.8, 4) is 17.2 Å². The van der Waals surface area contributed by atoms with Gasteiger partial charge in [-0.15, -0.1) is 15.3 Å². The first-order valence-electron chi connectivity index (χ1n) is 8.39. The normalized spacial score (nSPS) is 12.4. The maximum absolute atomic E-state index is 5.83. The van der Waals surface area contributed by atoms with Gasteiger partial charge in [0.15, 0.2) is 0 Å². The number of aryl methyl sites for hydroxylation is 2. The van der Waals surface area contributed by atoms with Crippen molar-refractivity contribution in [2.24, 2.45) is 0 Å². The van der Waals surface area contributed by atoms with Gasteiger partial charge in [-0.3, -0.25) is 0 Å². The van der Waals surface area contributed by atoms with Gasteiger partial charge in [0.05, 0.1) is 12.4 Å². The van der Waals surface area contributed by atoms with Crippen LogP contribution < -0.4 is 4.74 Å². The molecule has 0 fully saturated rings. The third kappa shape index (κ3) is 3.50. The van der Waals surface area contributed by atoms with E-state index in [0.717, 1.165) is 22.7 Å². The van der Waals surface area contributed by atoms with Crippen molar-refractivity contribution in [1.29, 1.82) is 0 Å². The zero-order chi connectivity index (χ0) is 19.0. The van der Waals surface area contributed by atoms with Gasteiger partial charge in [-0.1, -0.05) is 11.8 Å². The lowest BCUT2D eigenvalue weighted by Gasteiger charge is -2.02. The molecule has 0 N–H and O–H groups in total. The molecule has 4 aromatic rings. The molecular formula is C18H18N6O2S. The largest absolute Gasteiger partial charge is 0.497 e. The Bertz CT molecular complexity index is 1090.